The van der Waals surface area contributed by atoms with Crippen LogP contribution in [0.5, 0.6) is 0 Å². The van der Waals surface area contributed by atoms with Gasteiger partial charge in [0.25, 0.3) is 5.91 Å². The molecule has 0 saturated carbocycles. The Balaban J connectivity index is 1.66. The zero-order chi connectivity index (χ0) is 16.5. The summed E-state index contributed by atoms with van der Waals surface area (Å²) in [5.41, 5.74) is 2.24. The summed E-state index contributed by atoms with van der Waals surface area (Å²) < 4.78 is 4.97. The molecular weight excluding hydrogens is 308 g/mol. The summed E-state index contributed by atoms with van der Waals surface area (Å²) in [7, 11) is 0. The number of nitrogens with zero attached hydrogens (tertiary/aromatic N) is 2. The molecule has 24 heavy (non-hydrogen) atoms. The van der Waals surface area contributed by atoms with Crippen LogP contribution in [0.2, 0.25) is 0 Å². The van der Waals surface area contributed by atoms with Gasteiger partial charge in [-0.25, -0.2) is 4.79 Å². The minimum atomic E-state index is -0.415. The third kappa shape index (κ3) is 2.36. The summed E-state index contributed by atoms with van der Waals surface area (Å²) in [4.78, 5) is 25.9. The van der Waals surface area contributed by atoms with Gasteiger partial charge >= 0.3 is 6.09 Å². The van der Waals surface area contributed by atoms with E-state index in [0.717, 1.165) is 10.9 Å². The van der Waals surface area contributed by atoms with Gasteiger partial charge in [-0.15, -0.1) is 0 Å². The van der Waals surface area contributed by atoms with Gasteiger partial charge in [-0.3, -0.25) is 14.8 Å². The van der Waals surface area contributed by atoms with E-state index >= 15 is 0 Å². The van der Waals surface area contributed by atoms with Crippen molar-refractivity contribution in [3.63, 3.8) is 0 Å². The van der Waals surface area contributed by atoms with Gasteiger partial charge in [-0.1, -0.05) is 30.3 Å². The molecule has 2 amide bonds. The maximum atomic E-state index is 12.6. The maximum Gasteiger partial charge on any atom is 0.414 e. The molecule has 1 aliphatic heterocycles. The summed E-state index contributed by atoms with van der Waals surface area (Å²) in [5.74, 6) is -0.340. The summed E-state index contributed by atoms with van der Waals surface area (Å²) in [6, 6.07) is 14.5. The molecule has 1 saturated heterocycles. The van der Waals surface area contributed by atoms with Crippen molar-refractivity contribution in [2.45, 2.75) is 0 Å². The number of nitrogens with one attached hydrogen (secondary N) is 2. The van der Waals surface area contributed by atoms with Crippen LogP contribution in [0.3, 0.4) is 0 Å². The van der Waals surface area contributed by atoms with Gasteiger partial charge in [0.1, 0.15) is 6.61 Å². The average molecular weight is 322 g/mol. The van der Waals surface area contributed by atoms with Crippen LogP contribution in [0.4, 0.5) is 16.2 Å². The molecule has 0 aliphatic carbocycles. The van der Waals surface area contributed by atoms with Crippen LogP contribution >= 0.6 is 0 Å². The summed E-state index contributed by atoms with van der Waals surface area (Å²) in [6.45, 7) is 0.794. The van der Waals surface area contributed by atoms with Gasteiger partial charge in [0.05, 0.1) is 23.4 Å². The number of benzene rings is 2. The number of rotatable bonds is 3. The predicted octanol–water partition coefficient (Wildman–Crippen LogP) is 2.77. The molecule has 1 fully saturated rings. The molecule has 0 radical (unpaired) electrons. The summed E-state index contributed by atoms with van der Waals surface area (Å²) in [6.07, 6.45) is -0.415. The second kappa shape index (κ2) is 5.69. The van der Waals surface area contributed by atoms with E-state index in [2.05, 4.69) is 15.5 Å². The third-order valence-electron chi connectivity index (χ3n) is 3.89. The Labute approximate surface area is 137 Å². The first kappa shape index (κ1) is 14.3. The largest absolute Gasteiger partial charge is 0.447 e. The van der Waals surface area contributed by atoms with E-state index in [0.29, 0.717) is 30.2 Å². The fourth-order valence-electron chi connectivity index (χ4n) is 2.75. The van der Waals surface area contributed by atoms with Crippen LogP contribution in [0, 0.1) is 0 Å². The van der Waals surface area contributed by atoms with Crippen molar-refractivity contribution in [2.75, 3.05) is 23.4 Å². The molecule has 2 heterocycles. The lowest BCUT2D eigenvalue weighted by Gasteiger charge is -2.17. The molecular formula is C17H14N4O3. The first-order chi connectivity index (χ1) is 11.7. The Hall–Kier alpha value is -3.35. The number of para-hydroxylation sites is 3. The van der Waals surface area contributed by atoms with Crippen LogP contribution in [-0.2, 0) is 4.74 Å². The molecule has 7 nitrogen and oxygen atoms in total. The number of hydrogen-bond donors (Lipinski definition) is 2. The fraction of sp³-hybridized carbons (Fsp3) is 0.118. The quantitative estimate of drug-likeness (QED) is 0.776. The van der Waals surface area contributed by atoms with E-state index in [-0.39, 0.29) is 5.91 Å². The molecule has 7 heteroatoms. The highest BCUT2D eigenvalue weighted by molar-refractivity contribution is 6.12. The van der Waals surface area contributed by atoms with E-state index in [1.54, 1.807) is 24.3 Å². The van der Waals surface area contributed by atoms with Crippen LogP contribution < -0.4 is 10.2 Å². The number of fused-ring (bicyclic) bond motifs is 1. The van der Waals surface area contributed by atoms with Gasteiger partial charge in [0.2, 0.25) is 0 Å². The molecule has 1 aliphatic rings. The SMILES string of the molecule is O=C(Nc1ccccc1N1CCOC1=O)c1n[nH]c2ccccc12. The van der Waals surface area contributed by atoms with Crippen molar-refractivity contribution < 1.29 is 14.3 Å². The number of hydrogen-bond acceptors (Lipinski definition) is 4. The number of cyclic esters (lactones) is 1. The summed E-state index contributed by atoms with van der Waals surface area (Å²) >= 11 is 0. The number of aromatic amines is 1. The van der Waals surface area contributed by atoms with Crippen LogP contribution in [0.15, 0.2) is 48.5 Å². The minimum absolute atomic E-state index is 0.310. The normalized spacial score (nSPS) is 14.0. The predicted molar refractivity (Wildman–Crippen MR) is 89.2 cm³/mol. The highest BCUT2D eigenvalue weighted by Gasteiger charge is 2.26. The highest BCUT2D eigenvalue weighted by Crippen LogP contribution is 2.28. The van der Waals surface area contributed by atoms with Gasteiger partial charge in [-0.2, -0.15) is 5.10 Å². The van der Waals surface area contributed by atoms with Crippen molar-refractivity contribution in [3.05, 3.63) is 54.2 Å². The lowest BCUT2D eigenvalue weighted by atomic mass is 10.2. The van der Waals surface area contributed by atoms with Gasteiger partial charge < -0.3 is 10.1 Å². The lowest BCUT2D eigenvalue weighted by molar-refractivity contribution is 0.102. The molecule has 0 bridgehead atoms. The van der Waals surface area contributed by atoms with E-state index in [1.807, 2.05) is 24.3 Å². The molecule has 120 valence electrons. The Kier molecular flexibility index (Phi) is 3.38. The Morgan fingerprint density at radius 2 is 1.96 bits per heavy atom. The van der Waals surface area contributed by atoms with Crippen LogP contribution in [-0.4, -0.2) is 35.3 Å². The zero-order valence-corrected chi connectivity index (χ0v) is 12.7. The molecule has 2 N–H and O–H groups in total. The van der Waals surface area contributed by atoms with Crippen molar-refractivity contribution in [2.24, 2.45) is 0 Å². The second-order valence-corrected chi connectivity index (χ2v) is 5.36. The average Bonchev–Trinajstić information content (AvgIpc) is 3.21. The molecule has 0 spiro atoms. The lowest BCUT2D eigenvalue weighted by Crippen LogP contribution is -2.25. The summed E-state index contributed by atoms with van der Waals surface area (Å²) in [5, 5.41) is 10.5. The number of ether oxygens (including phenoxy) is 1. The Morgan fingerprint density at radius 1 is 1.17 bits per heavy atom. The van der Waals surface area contributed by atoms with Gasteiger partial charge in [-0.05, 0) is 18.2 Å². The van der Waals surface area contributed by atoms with Gasteiger partial charge in [0.15, 0.2) is 5.69 Å². The van der Waals surface area contributed by atoms with E-state index in [1.165, 1.54) is 4.90 Å². The molecule has 0 atom stereocenters. The number of aromatic nitrogens is 2. The number of carbonyl (C=O) groups is 2. The van der Waals surface area contributed by atoms with Crippen molar-refractivity contribution in [1.29, 1.82) is 0 Å². The zero-order valence-electron chi connectivity index (χ0n) is 12.7. The molecule has 0 unspecified atom stereocenters. The Bertz CT molecular complexity index is 934. The maximum absolute atomic E-state index is 12.6. The van der Waals surface area contributed by atoms with E-state index < -0.39 is 6.09 Å². The number of amides is 2. The first-order valence-electron chi connectivity index (χ1n) is 7.52. The van der Waals surface area contributed by atoms with E-state index in [4.69, 9.17) is 4.74 Å². The second-order valence-electron chi connectivity index (χ2n) is 5.36. The van der Waals surface area contributed by atoms with Crippen molar-refractivity contribution >= 4 is 34.3 Å². The fourth-order valence-corrected chi connectivity index (χ4v) is 2.75. The molecule has 2 aromatic carbocycles. The topological polar surface area (TPSA) is 87.3 Å². The highest BCUT2D eigenvalue weighted by atomic mass is 16.6. The third-order valence-corrected chi connectivity index (χ3v) is 3.89. The van der Waals surface area contributed by atoms with Crippen LogP contribution in [0.1, 0.15) is 10.5 Å². The minimum Gasteiger partial charge on any atom is -0.447 e. The van der Waals surface area contributed by atoms with Gasteiger partial charge in [0, 0.05) is 5.39 Å². The van der Waals surface area contributed by atoms with Crippen LogP contribution in [0.25, 0.3) is 10.9 Å². The molecule has 3 aromatic rings. The number of carbonyl (C=O) groups excluding carboxylic acids is 2. The molecule has 1 aromatic heterocycles. The Morgan fingerprint density at radius 3 is 2.79 bits per heavy atom. The standard InChI is InChI=1S/C17H14N4O3/c22-16(15-11-5-1-2-6-12(11)19-20-15)18-13-7-3-4-8-14(13)21-9-10-24-17(21)23/h1-8H,9-10H2,(H,18,22)(H,19,20). The van der Waals surface area contributed by atoms with Crippen molar-refractivity contribution in [3.8, 4) is 0 Å². The van der Waals surface area contributed by atoms with E-state index in [9.17, 15) is 9.59 Å². The number of anilines is 2. The molecule has 4 rings (SSSR count). The smallest absolute Gasteiger partial charge is 0.414 e. The van der Waals surface area contributed by atoms with Crippen molar-refractivity contribution in [1.82, 2.24) is 10.2 Å². The number of H-pyrrole nitrogens is 1. The monoisotopic (exact) mass is 322 g/mol. The first-order valence-corrected chi connectivity index (χ1v) is 7.52.